The van der Waals surface area contributed by atoms with Crippen LogP contribution >= 0.6 is 0 Å². The van der Waals surface area contributed by atoms with Gasteiger partial charge in [-0.1, -0.05) is 18.2 Å². The zero-order valence-corrected chi connectivity index (χ0v) is 5.67. The first-order valence-corrected chi connectivity index (χ1v) is 3.46. The molecule has 1 aliphatic rings. The Morgan fingerprint density at radius 1 is 1.40 bits per heavy atom. The highest BCUT2D eigenvalue weighted by Crippen LogP contribution is 2.20. The summed E-state index contributed by atoms with van der Waals surface area (Å²) in [5.41, 5.74) is 2.62. The summed E-state index contributed by atoms with van der Waals surface area (Å²) < 4.78 is 0. The summed E-state index contributed by atoms with van der Waals surface area (Å²) in [6.07, 6.45) is 9.42. The molecule has 0 spiro atoms. The number of aromatic amines is 1. The average molecular weight is 131 g/mol. The molecule has 0 unspecified atom stereocenters. The molecule has 1 nitrogen and oxygen atoms in total. The first-order chi connectivity index (χ1) is 4.97. The van der Waals surface area contributed by atoms with E-state index in [-0.39, 0.29) is 0 Å². The van der Waals surface area contributed by atoms with Gasteiger partial charge in [-0.3, -0.25) is 0 Å². The van der Waals surface area contributed by atoms with E-state index in [1.165, 1.54) is 11.3 Å². The van der Waals surface area contributed by atoms with E-state index >= 15 is 0 Å². The van der Waals surface area contributed by atoms with Crippen LogP contribution in [0.1, 0.15) is 12.1 Å². The molecule has 10 heavy (non-hydrogen) atoms. The fourth-order valence-corrected chi connectivity index (χ4v) is 1.18. The van der Waals surface area contributed by atoms with E-state index in [1.54, 1.807) is 0 Å². The highest BCUT2D eigenvalue weighted by molar-refractivity contribution is 5.68. The molecule has 1 N–H and O–H groups in total. The van der Waals surface area contributed by atoms with Crippen molar-refractivity contribution in [1.82, 2.24) is 4.98 Å². The Labute approximate surface area is 60.1 Å². The highest BCUT2D eigenvalue weighted by atomic mass is 14.7. The topological polar surface area (TPSA) is 15.8 Å². The van der Waals surface area contributed by atoms with Crippen molar-refractivity contribution in [2.45, 2.75) is 6.42 Å². The second kappa shape index (κ2) is 2.18. The maximum atomic E-state index is 3.17. The van der Waals surface area contributed by atoms with Crippen LogP contribution in [0.25, 0.3) is 5.57 Å². The van der Waals surface area contributed by atoms with E-state index < -0.39 is 0 Å². The maximum absolute atomic E-state index is 3.17. The molecule has 1 aliphatic carbocycles. The maximum Gasteiger partial charge on any atom is 0.0416 e. The summed E-state index contributed by atoms with van der Waals surface area (Å²) in [4.78, 5) is 3.17. The van der Waals surface area contributed by atoms with Crippen molar-refractivity contribution in [3.05, 3.63) is 42.3 Å². The Kier molecular flexibility index (Phi) is 1.21. The SMILES string of the molecule is C1=CCC(c2ccc[nH]2)=C1. The second-order valence-electron chi connectivity index (χ2n) is 2.41. The molecule has 0 bridgehead atoms. The van der Waals surface area contributed by atoms with Crippen molar-refractivity contribution in [2.75, 3.05) is 0 Å². The zero-order chi connectivity index (χ0) is 6.81. The summed E-state index contributed by atoms with van der Waals surface area (Å²) in [5, 5.41) is 0. The number of nitrogens with one attached hydrogen (secondary N) is 1. The number of hydrogen-bond donors (Lipinski definition) is 1. The van der Waals surface area contributed by atoms with Crippen molar-refractivity contribution < 1.29 is 0 Å². The molecule has 0 saturated carbocycles. The van der Waals surface area contributed by atoms with Gasteiger partial charge in [-0.2, -0.15) is 0 Å². The largest absolute Gasteiger partial charge is 0.361 e. The van der Waals surface area contributed by atoms with Gasteiger partial charge in [0.25, 0.3) is 0 Å². The van der Waals surface area contributed by atoms with Gasteiger partial charge >= 0.3 is 0 Å². The fraction of sp³-hybridized carbons (Fsp3) is 0.111. The van der Waals surface area contributed by atoms with E-state index in [1.807, 2.05) is 12.3 Å². The summed E-state index contributed by atoms with van der Waals surface area (Å²) in [7, 11) is 0. The van der Waals surface area contributed by atoms with Gasteiger partial charge in [0, 0.05) is 11.9 Å². The van der Waals surface area contributed by atoms with Gasteiger partial charge in [-0.25, -0.2) is 0 Å². The van der Waals surface area contributed by atoms with E-state index in [2.05, 4.69) is 29.3 Å². The number of allylic oxidation sites excluding steroid dienone is 4. The van der Waals surface area contributed by atoms with E-state index in [0.717, 1.165) is 6.42 Å². The standard InChI is InChI=1S/C9H9N/c1-2-5-8(4-1)9-6-3-7-10-9/h1-4,6-7,10H,5H2. The van der Waals surface area contributed by atoms with Gasteiger partial charge in [0.05, 0.1) is 0 Å². The Hall–Kier alpha value is -1.24. The molecule has 1 aromatic heterocycles. The van der Waals surface area contributed by atoms with Crippen LogP contribution in [0.5, 0.6) is 0 Å². The molecule has 0 atom stereocenters. The van der Waals surface area contributed by atoms with Gasteiger partial charge in [-0.05, 0) is 24.1 Å². The predicted molar refractivity (Wildman–Crippen MR) is 42.5 cm³/mol. The lowest BCUT2D eigenvalue weighted by Gasteiger charge is -1.94. The number of hydrogen-bond acceptors (Lipinski definition) is 0. The lowest BCUT2D eigenvalue weighted by Crippen LogP contribution is -1.77. The monoisotopic (exact) mass is 131 g/mol. The molecule has 1 heterocycles. The van der Waals surface area contributed by atoms with E-state index in [9.17, 15) is 0 Å². The number of aromatic nitrogens is 1. The minimum Gasteiger partial charge on any atom is -0.361 e. The third kappa shape index (κ3) is 0.798. The smallest absolute Gasteiger partial charge is 0.0416 e. The van der Waals surface area contributed by atoms with E-state index in [4.69, 9.17) is 0 Å². The van der Waals surface area contributed by atoms with Crippen LogP contribution in [0.3, 0.4) is 0 Å². The van der Waals surface area contributed by atoms with Crippen molar-refractivity contribution in [2.24, 2.45) is 0 Å². The summed E-state index contributed by atoms with van der Waals surface area (Å²) in [5.74, 6) is 0. The van der Waals surface area contributed by atoms with Gasteiger partial charge in [0.15, 0.2) is 0 Å². The minimum absolute atomic E-state index is 1.07. The Morgan fingerprint density at radius 3 is 3.00 bits per heavy atom. The molecule has 0 amide bonds. The third-order valence-corrected chi connectivity index (χ3v) is 1.72. The Bertz CT molecular complexity index is 265. The van der Waals surface area contributed by atoms with E-state index in [0.29, 0.717) is 0 Å². The fourth-order valence-electron chi connectivity index (χ4n) is 1.18. The van der Waals surface area contributed by atoms with Gasteiger partial charge in [0.1, 0.15) is 0 Å². The average Bonchev–Trinajstić information content (AvgIpc) is 2.59. The van der Waals surface area contributed by atoms with Crippen LogP contribution in [0.2, 0.25) is 0 Å². The van der Waals surface area contributed by atoms with Crippen LogP contribution < -0.4 is 0 Å². The van der Waals surface area contributed by atoms with Crippen LogP contribution in [-0.4, -0.2) is 4.98 Å². The predicted octanol–water partition coefficient (Wildman–Crippen LogP) is 2.36. The molecule has 0 saturated heterocycles. The number of H-pyrrole nitrogens is 1. The van der Waals surface area contributed by atoms with Crippen molar-refractivity contribution in [3.63, 3.8) is 0 Å². The quantitative estimate of drug-likeness (QED) is 0.602. The third-order valence-electron chi connectivity index (χ3n) is 1.72. The highest BCUT2D eigenvalue weighted by Gasteiger charge is 2.01. The molecular formula is C9H9N. The van der Waals surface area contributed by atoms with Crippen LogP contribution in [0.4, 0.5) is 0 Å². The molecule has 50 valence electrons. The number of rotatable bonds is 1. The normalized spacial score (nSPS) is 15.8. The Morgan fingerprint density at radius 2 is 2.40 bits per heavy atom. The molecule has 1 heteroatoms. The lowest BCUT2D eigenvalue weighted by atomic mass is 10.2. The van der Waals surface area contributed by atoms with Crippen molar-refractivity contribution >= 4 is 5.57 Å². The minimum atomic E-state index is 1.07. The lowest BCUT2D eigenvalue weighted by molar-refractivity contribution is 1.30. The molecule has 1 aromatic rings. The molecule has 0 fully saturated rings. The van der Waals surface area contributed by atoms with Crippen molar-refractivity contribution in [1.29, 1.82) is 0 Å². The molecule has 0 radical (unpaired) electrons. The zero-order valence-electron chi connectivity index (χ0n) is 5.67. The molecular weight excluding hydrogens is 122 g/mol. The molecule has 0 aliphatic heterocycles. The van der Waals surface area contributed by atoms with Gasteiger partial charge in [0.2, 0.25) is 0 Å². The molecule has 0 aromatic carbocycles. The van der Waals surface area contributed by atoms with Crippen LogP contribution in [-0.2, 0) is 0 Å². The van der Waals surface area contributed by atoms with Gasteiger partial charge < -0.3 is 4.98 Å². The first kappa shape index (κ1) is 5.54. The summed E-state index contributed by atoms with van der Waals surface area (Å²) in [6, 6.07) is 4.12. The first-order valence-electron chi connectivity index (χ1n) is 3.46. The second-order valence-corrected chi connectivity index (χ2v) is 2.41. The Balaban J connectivity index is 2.30. The molecule has 2 rings (SSSR count). The summed E-state index contributed by atoms with van der Waals surface area (Å²) >= 11 is 0. The van der Waals surface area contributed by atoms with Crippen LogP contribution in [0.15, 0.2) is 36.6 Å². The van der Waals surface area contributed by atoms with Gasteiger partial charge in [-0.15, -0.1) is 0 Å². The van der Waals surface area contributed by atoms with Crippen molar-refractivity contribution in [3.8, 4) is 0 Å². The summed E-state index contributed by atoms with van der Waals surface area (Å²) in [6.45, 7) is 0. The van der Waals surface area contributed by atoms with Crippen LogP contribution in [0, 0.1) is 0 Å².